The Kier molecular flexibility index (Phi) is 9.26. The molecule has 33 heavy (non-hydrogen) atoms. The highest BCUT2D eigenvalue weighted by molar-refractivity contribution is 9.10. The quantitative estimate of drug-likeness (QED) is 0.405. The van der Waals surface area contributed by atoms with Crippen molar-refractivity contribution in [3.8, 4) is 5.75 Å². The van der Waals surface area contributed by atoms with Gasteiger partial charge in [-0.3, -0.25) is 4.79 Å². The van der Waals surface area contributed by atoms with Crippen LogP contribution in [0.15, 0.2) is 45.9 Å². The summed E-state index contributed by atoms with van der Waals surface area (Å²) in [5, 5.41) is 6.15. The summed E-state index contributed by atoms with van der Waals surface area (Å²) in [6.45, 7) is 1.84. The number of halogens is 2. The third-order valence-electron chi connectivity index (χ3n) is 6.13. The van der Waals surface area contributed by atoms with E-state index in [4.69, 9.17) is 4.74 Å². The zero-order valence-electron chi connectivity index (χ0n) is 19.5. The van der Waals surface area contributed by atoms with Crippen molar-refractivity contribution >= 4 is 27.8 Å². The molecule has 0 bridgehead atoms. The molecule has 1 heterocycles. The van der Waals surface area contributed by atoms with Crippen LogP contribution >= 0.6 is 15.9 Å². The summed E-state index contributed by atoms with van der Waals surface area (Å²) in [5.41, 5.74) is 1.57. The molecule has 1 unspecified atom stereocenters. The molecule has 6 nitrogen and oxygen atoms in total. The van der Waals surface area contributed by atoms with E-state index in [1.165, 1.54) is 18.9 Å². The molecule has 0 aromatic heterocycles. The second-order valence-electron chi connectivity index (χ2n) is 8.23. The van der Waals surface area contributed by atoms with Gasteiger partial charge in [0, 0.05) is 35.2 Å². The smallest absolute Gasteiger partial charge is 0.280 e. The Morgan fingerprint density at radius 3 is 2.82 bits per heavy atom. The monoisotopic (exact) mass is 518 g/mol. The van der Waals surface area contributed by atoms with Crippen molar-refractivity contribution < 1.29 is 13.9 Å². The van der Waals surface area contributed by atoms with Gasteiger partial charge in [0.1, 0.15) is 11.6 Å². The number of likely N-dealkylation sites (tertiary alicyclic amines) is 1. The summed E-state index contributed by atoms with van der Waals surface area (Å²) < 4.78 is 21.1. The summed E-state index contributed by atoms with van der Waals surface area (Å²) in [7, 11) is 5.47. The first-order valence-corrected chi connectivity index (χ1v) is 12.1. The van der Waals surface area contributed by atoms with Crippen molar-refractivity contribution in [3.05, 3.63) is 63.4 Å². The van der Waals surface area contributed by atoms with Gasteiger partial charge in [-0.15, -0.1) is 0 Å². The van der Waals surface area contributed by atoms with E-state index in [1.54, 1.807) is 26.3 Å². The zero-order valence-corrected chi connectivity index (χ0v) is 21.0. The average Bonchev–Trinajstić information content (AvgIpc) is 3.22. The van der Waals surface area contributed by atoms with Gasteiger partial charge in [0.25, 0.3) is 5.91 Å². The fourth-order valence-corrected chi connectivity index (χ4v) is 4.67. The second-order valence-corrected chi connectivity index (χ2v) is 9.15. The molecule has 0 saturated carbocycles. The number of methoxy groups -OCH3 is 1. The van der Waals surface area contributed by atoms with E-state index < -0.39 is 11.7 Å². The van der Waals surface area contributed by atoms with Gasteiger partial charge in [-0.2, -0.15) is 4.99 Å². The van der Waals surface area contributed by atoms with E-state index in [9.17, 15) is 9.18 Å². The van der Waals surface area contributed by atoms with E-state index in [-0.39, 0.29) is 5.56 Å². The fourth-order valence-electron chi connectivity index (χ4n) is 4.26. The van der Waals surface area contributed by atoms with Crippen LogP contribution < -0.4 is 15.4 Å². The van der Waals surface area contributed by atoms with Crippen LogP contribution in [0.3, 0.4) is 0 Å². The number of carbonyl (C=O) groups is 1. The van der Waals surface area contributed by atoms with Crippen LogP contribution in [0, 0.1) is 5.82 Å². The van der Waals surface area contributed by atoms with Gasteiger partial charge in [-0.1, -0.05) is 22.0 Å². The second kappa shape index (κ2) is 12.1. The third kappa shape index (κ3) is 6.77. The summed E-state index contributed by atoms with van der Waals surface area (Å²) >= 11 is 3.47. The van der Waals surface area contributed by atoms with Crippen molar-refractivity contribution in [1.29, 1.82) is 0 Å². The Hall–Kier alpha value is -2.45. The highest BCUT2D eigenvalue weighted by Crippen LogP contribution is 2.26. The molecule has 8 heteroatoms. The molecule has 0 aliphatic carbocycles. The van der Waals surface area contributed by atoms with Gasteiger partial charge in [0.15, 0.2) is 5.96 Å². The highest BCUT2D eigenvalue weighted by atomic mass is 79.9. The van der Waals surface area contributed by atoms with Crippen LogP contribution in [0.5, 0.6) is 5.75 Å². The molecule has 2 aromatic carbocycles. The summed E-state index contributed by atoms with van der Waals surface area (Å²) in [4.78, 5) is 19.5. The van der Waals surface area contributed by atoms with E-state index in [2.05, 4.69) is 43.5 Å². The minimum Gasteiger partial charge on any atom is -0.496 e. The van der Waals surface area contributed by atoms with Crippen LogP contribution in [0.1, 0.15) is 40.7 Å². The molecule has 1 saturated heterocycles. The van der Waals surface area contributed by atoms with E-state index in [0.717, 1.165) is 28.8 Å². The van der Waals surface area contributed by atoms with Gasteiger partial charge in [-0.25, -0.2) is 4.39 Å². The molecule has 3 rings (SSSR count). The molecule has 1 aliphatic heterocycles. The minimum absolute atomic E-state index is 0.272. The van der Waals surface area contributed by atoms with Gasteiger partial charge in [0.2, 0.25) is 0 Å². The maximum atomic E-state index is 14.7. The molecule has 1 fully saturated rings. The number of ether oxygens (including phenoxy) is 1. The lowest BCUT2D eigenvalue weighted by molar-refractivity contribution is 0.100. The van der Waals surface area contributed by atoms with Crippen molar-refractivity contribution in [2.24, 2.45) is 4.99 Å². The van der Waals surface area contributed by atoms with Gasteiger partial charge in [-0.05, 0) is 81.6 Å². The Labute approximate surface area is 203 Å². The predicted octanol–water partition coefficient (Wildman–Crippen LogP) is 4.17. The van der Waals surface area contributed by atoms with Crippen LogP contribution in [0.4, 0.5) is 4.39 Å². The number of aliphatic imine (C=N–C) groups is 1. The topological polar surface area (TPSA) is 66.0 Å². The number of aryl methyl sites for hydroxylation is 1. The van der Waals surface area contributed by atoms with Gasteiger partial charge < -0.3 is 20.3 Å². The number of hydrogen-bond donors (Lipinski definition) is 2. The lowest BCUT2D eigenvalue weighted by Crippen LogP contribution is -2.38. The van der Waals surface area contributed by atoms with E-state index in [1.807, 2.05) is 18.2 Å². The average molecular weight is 519 g/mol. The van der Waals surface area contributed by atoms with Crippen molar-refractivity contribution in [1.82, 2.24) is 15.5 Å². The van der Waals surface area contributed by atoms with Crippen molar-refractivity contribution in [2.75, 3.05) is 34.3 Å². The van der Waals surface area contributed by atoms with Crippen molar-refractivity contribution in [2.45, 2.75) is 38.1 Å². The Morgan fingerprint density at radius 2 is 2.12 bits per heavy atom. The highest BCUT2D eigenvalue weighted by Gasteiger charge is 2.20. The number of nitrogens with one attached hydrogen (secondary N) is 2. The number of carbonyl (C=O) groups excluding carboxylic acids is 1. The number of rotatable bonds is 8. The summed E-state index contributed by atoms with van der Waals surface area (Å²) in [6, 6.07) is 10.8. The standard InChI is InChI=1S/C25H32BrFN4O2/c1-28-25(29-14-13-19-6-5-15-31(19)2)30-24(32)21-7-4-8-22(27)20(21)11-9-17-16-18(26)10-12-23(17)33-3/h4,7-8,10,12,16,19H,5-6,9,11,13-15H2,1-3H3,(H2,28,29,30,32). The fraction of sp³-hybridized carbons (Fsp3) is 0.440. The molecule has 1 atom stereocenters. The Bertz CT molecular complexity index is 998. The SMILES string of the molecule is CN/C(=N/C(=O)c1cccc(F)c1CCc1cc(Br)ccc1OC)NCCC1CCCN1C. The number of nitrogens with zero attached hydrogens (tertiary/aromatic N) is 2. The molecule has 2 aromatic rings. The summed E-state index contributed by atoms with van der Waals surface area (Å²) in [5.74, 6) is 0.244. The number of amides is 1. The number of benzene rings is 2. The molecule has 178 valence electrons. The first kappa shape index (κ1) is 25.2. The molecule has 1 amide bonds. The molecule has 0 spiro atoms. The molecular weight excluding hydrogens is 487 g/mol. The molecule has 0 radical (unpaired) electrons. The van der Waals surface area contributed by atoms with Crippen LogP contribution in [0.25, 0.3) is 0 Å². The zero-order chi connectivity index (χ0) is 23.8. The predicted molar refractivity (Wildman–Crippen MR) is 134 cm³/mol. The van der Waals surface area contributed by atoms with Crippen LogP contribution in [-0.4, -0.2) is 57.1 Å². The maximum absolute atomic E-state index is 14.7. The Balaban J connectivity index is 1.71. The lowest BCUT2D eigenvalue weighted by atomic mass is 9.98. The number of guanidine groups is 1. The number of hydrogen-bond acceptors (Lipinski definition) is 3. The third-order valence-corrected chi connectivity index (χ3v) is 6.62. The lowest BCUT2D eigenvalue weighted by Gasteiger charge is -2.19. The van der Waals surface area contributed by atoms with Crippen LogP contribution in [-0.2, 0) is 12.8 Å². The first-order chi connectivity index (χ1) is 15.9. The van der Waals surface area contributed by atoms with E-state index in [0.29, 0.717) is 37.0 Å². The van der Waals surface area contributed by atoms with Crippen LogP contribution in [0.2, 0.25) is 0 Å². The normalized spacial score (nSPS) is 16.6. The Morgan fingerprint density at radius 1 is 1.30 bits per heavy atom. The summed E-state index contributed by atoms with van der Waals surface area (Å²) in [6.07, 6.45) is 4.27. The first-order valence-electron chi connectivity index (χ1n) is 11.3. The maximum Gasteiger partial charge on any atom is 0.280 e. The van der Waals surface area contributed by atoms with Crippen molar-refractivity contribution in [3.63, 3.8) is 0 Å². The largest absolute Gasteiger partial charge is 0.496 e. The van der Waals surface area contributed by atoms with Gasteiger partial charge >= 0.3 is 0 Å². The van der Waals surface area contributed by atoms with Gasteiger partial charge in [0.05, 0.1) is 7.11 Å². The minimum atomic E-state index is -0.472. The molecular formula is C25H32BrFN4O2. The molecule has 2 N–H and O–H groups in total. The molecule has 1 aliphatic rings. The van der Waals surface area contributed by atoms with E-state index >= 15 is 0 Å².